The van der Waals surface area contributed by atoms with Crippen molar-refractivity contribution < 1.29 is 4.79 Å². The first-order valence-corrected chi connectivity index (χ1v) is 10.3. The molecule has 0 unspecified atom stereocenters. The van der Waals surface area contributed by atoms with Crippen LogP contribution in [0, 0.1) is 0 Å². The molecule has 0 bridgehead atoms. The van der Waals surface area contributed by atoms with Gasteiger partial charge in [0, 0.05) is 23.3 Å². The molecule has 5 nitrogen and oxygen atoms in total. The second-order valence-corrected chi connectivity index (χ2v) is 8.64. The number of halogens is 1. The van der Waals surface area contributed by atoms with Gasteiger partial charge >= 0.3 is 0 Å². The normalized spacial score (nSPS) is 12.2. The van der Waals surface area contributed by atoms with E-state index in [2.05, 4.69) is 29.4 Å². The molecule has 1 heterocycles. The minimum absolute atomic E-state index is 0.0710. The van der Waals surface area contributed by atoms with E-state index in [1.165, 1.54) is 17.3 Å². The Labute approximate surface area is 174 Å². The minimum Gasteiger partial charge on any atom is -0.325 e. The number of thioether (sulfide) groups is 1. The highest BCUT2D eigenvalue weighted by Gasteiger charge is 2.19. The maximum Gasteiger partial charge on any atom is 0.237 e. The fourth-order valence-corrected chi connectivity index (χ4v) is 3.62. The second-order valence-electron chi connectivity index (χ2n) is 6.90. The molecule has 3 rings (SSSR count). The summed E-state index contributed by atoms with van der Waals surface area (Å²) in [7, 11) is 1.89. The fourth-order valence-electron chi connectivity index (χ4n) is 2.67. The number of hydrogen-bond acceptors (Lipinski definition) is 4. The van der Waals surface area contributed by atoms with E-state index < -0.39 is 0 Å². The molecule has 2 aromatic carbocycles. The van der Waals surface area contributed by atoms with Crippen LogP contribution >= 0.6 is 23.4 Å². The zero-order valence-corrected chi connectivity index (χ0v) is 17.9. The Morgan fingerprint density at radius 3 is 2.29 bits per heavy atom. The molecule has 0 saturated heterocycles. The summed E-state index contributed by atoms with van der Waals surface area (Å²) < 4.78 is 1.88. The van der Waals surface area contributed by atoms with Gasteiger partial charge in [-0.3, -0.25) is 4.79 Å². The van der Waals surface area contributed by atoms with E-state index in [4.69, 9.17) is 11.6 Å². The Balaban J connectivity index is 1.66. The number of amides is 1. The smallest absolute Gasteiger partial charge is 0.237 e. The van der Waals surface area contributed by atoms with Gasteiger partial charge in [-0.2, -0.15) is 0 Å². The molecule has 7 heteroatoms. The van der Waals surface area contributed by atoms with Crippen LogP contribution in [0.2, 0.25) is 5.02 Å². The Morgan fingerprint density at radius 1 is 1.04 bits per heavy atom. The first-order chi connectivity index (χ1) is 13.3. The number of hydrogen-bond donors (Lipinski definition) is 1. The van der Waals surface area contributed by atoms with E-state index in [0.29, 0.717) is 16.1 Å². The largest absolute Gasteiger partial charge is 0.325 e. The predicted molar refractivity (Wildman–Crippen MR) is 116 cm³/mol. The molecule has 3 aromatic rings. The SMILES string of the molecule is CC(C)c1ccc(NC(=O)[C@H](C)Sc2nnc(-c3ccc(Cl)cc3)n2C)cc1. The number of nitrogens with zero attached hydrogens (tertiary/aromatic N) is 3. The molecule has 1 atom stereocenters. The second kappa shape index (κ2) is 8.80. The predicted octanol–water partition coefficient (Wildman–Crippen LogP) is 5.38. The van der Waals surface area contributed by atoms with Crippen molar-refractivity contribution in [1.29, 1.82) is 0 Å². The van der Waals surface area contributed by atoms with Crippen LogP contribution in [0.15, 0.2) is 53.7 Å². The molecule has 146 valence electrons. The zero-order valence-electron chi connectivity index (χ0n) is 16.3. The van der Waals surface area contributed by atoms with Crippen LogP contribution in [0.25, 0.3) is 11.4 Å². The Morgan fingerprint density at radius 2 is 1.68 bits per heavy atom. The van der Waals surface area contributed by atoms with E-state index in [1.807, 2.05) is 67.1 Å². The number of rotatable bonds is 6. The van der Waals surface area contributed by atoms with Crippen molar-refractivity contribution in [3.8, 4) is 11.4 Å². The molecule has 1 N–H and O–H groups in total. The van der Waals surface area contributed by atoms with Gasteiger partial charge in [-0.1, -0.05) is 49.3 Å². The molecule has 28 heavy (non-hydrogen) atoms. The summed E-state index contributed by atoms with van der Waals surface area (Å²) >= 11 is 7.32. The van der Waals surface area contributed by atoms with Crippen LogP contribution in [0.5, 0.6) is 0 Å². The lowest BCUT2D eigenvalue weighted by atomic mass is 10.0. The van der Waals surface area contributed by atoms with E-state index in [-0.39, 0.29) is 11.2 Å². The summed E-state index contributed by atoms with van der Waals surface area (Å²) in [6.45, 7) is 6.15. The third-order valence-corrected chi connectivity index (χ3v) is 5.82. The Kier molecular flexibility index (Phi) is 6.42. The third-order valence-electron chi connectivity index (χ3n) is 4.43. The van der Waals surface area contributed by atoms with Crippen molar-refractivity contribution in [2.45, 2.75) is 37.1 Å². The quantitative estimate of drug-likeness (QED) is 0.550. The molecule has 0 aliphatic carbocycles. The molecule has 0 radical (unpaired) electrons. The van der Waals surface area contributed by atoms with Crippen LogP contribution in [-0.2, 0) is 11.8 Å². The molecule has 0 aliphatic heterocycles. The van der Waals surface area contributed by atoms with Gasteiger partial charge < -0.3 is 9.88 Å². The average molecular weight is 415 g/mol. The van der Waals surface area contributed by atoms with Gasteiger partial charge in [0.25, 0.3) is 0 Å². The maximum atomic E-state index is 12.6. The van der Waals surface area contributed by atoms with Crippen LogP contribution in [0.1, 0.15) is 32.3 Å². The summed E-state index contributed by atoms with van der Waals surface area (Å²) in [5.74, 6) is 1.12. The lowest BCUT2D eigenvalue weighted by molar-refractivity contribution is -0.115. The Hall–Kier alpha value is -2.31. The van der Waals surface area contributed by atoms with Crippen LogP contribution in [-0.4, -0.2) is 25.9 Å². The lowest BCUT2D eigenvalue weighted by Gasteiger charge is -2.12. The maximum absolute atomic E-state index is 12.6. The van der Waals surface area contributed by atoms with Crippen molar-refractivity contribution in [2.24, 2.45) is 7.05 Å². The monoisotopic (exact) mass is 414 g/mol. The Bertz CT molecular complexity index is 952. The van der Waals surface area contributed by atoms with Crippen molar-refractivity contribution in [1.82, 2.24) is 14.8 Å². The first-order valence-electron chi connectivity index (χ1n) is 9.08. The summed E-state index contributed by atoms with van der Waals surface area (Å²) in [6.07, 6.45) is 0. The minimum atomic E-state index is -0.314. The number of nitrogens with one attached hydrogen (secondary N) is 1. The molecule has 0 spiro atoms. The van der Waals surface area contributed by atoms with E-state index in [1.54, 1.807) is 0 Å². The highest BCUT2D eigenvalue weighted by atomic mass is 35.5. The summed E-state index contributed by atoms with van der Waals surface area (Å²) in [4.78, 5) is 12.6. The average Bonchev–Trinajstić information content (AvgIpc) is 3.03. The molecular formula is C21H23ClN4OS. The van der Waals surface area contributed by atoms with E-state index in [0.717, 1.165) is 17.1 Å². The lowest BCUT2D eigenvalue weighted by Crippen LogP contribution is -2.22. The number of aromatic nitrogens is 3. The van der Waals surface area contributed by atoms with E-state index in [9.17, 15) is 4.79 Å². The molecule has 0 aliphatic rings. The topological polar surface area (TPSA) is 59.8 Å². The van der Waals surface area contributed by atoms with Gasteiger partial charge in [0.1, 0.15) is 0 Å². The highest BCUT2D eigenvalue weighted by molar-refractivity contribution is 8.00. The molecule has 0 fully saturated rings. The van der Waals surface area contributed by atoms with Gasteiger partial charge in [-0.25, -0.2) is 0 Å². The van der Waals surface area contributed by atoms with Gasteiger partial charge in [-0.05, 0) is 54.8 Å². The van der Waals surface area contributed by atoms with Gasteiger partial charge in [0.15, 0.2) is 11.0 Å². The van der Waals surface area contributed by atoms with Gasteiger partial charge in [0.05, 0.1) is 5.25 Å². The van der Waals surface area contributed by atoms with Crippen LogP contribution < -0.4 is 5.32 Å². The first kappa shape index (κ1) is 20.4. The summed E-state index contributed by atoms with van der Waals surface area (Å²) in [5.41, 5.74) is 2.96. The molecule has 1 amide bonds. The van der Waals surface area contributed by atoms with Crippen molar-refractivity contribution >= 4 is 35.0 Å². The fraction of sp³-hybridized carbons (Fsp3) is 0.286. The van der Waals surface area contributed by atoms with Crippen molar-refractivity contribution in [3.63, 3.8) is 0 Å². The zero-order chi connectivity index (χ0) is 20.3. The third kappa shape index (κ3) is 4.75. The molecule has 1 aromatic heterocycles. The van der Waals surface area contributed by atoms with Gasteiger partial charge in [0.2, 0.25) is 5.91 Å². The summed E-state index contributed by atoms with van der Waals surface area (Å²) in [6, 6.07) is 15.4. The van der Waals surface area contributed by atoms with Crippen LogP contribution in [0.3, 0.4) is 0 Å². The summed E-state index contributed by atoms with van der Waals surface area (Å²) in [5, 5.41) is 12.5. The van der Waals surface area contributed by atoms with E-state index >= 15 is 0 Å². The standard InChI is InChI=1S/C21H23ClN4OS/c1-13(2)15-7-11-18(12-8-15)23-20(27)14(3)28-21-25-24-19(26(21)4)16-5-9-17(22)10-6-16/h5-14H,1-4H3,(H,23,27)/t14-/m0/s1. The van der Waals surface area contributed by atoms with Gasteiger partial charge in [-0.15, -0.1) is 10.2 Å². The van der Waals surface area contributed by atoms with Crippen molar-refractivity contribution in [3.05, 3.63) is 59.1 Å². The van der Waals surface area contributed by atoms with Crippen molar-refractivity contribution in [2.75, 3.05) is 5.32 Å². The number of carbonyl (C=O) groups excluding carboxylic acids is 1. The van der Waals surface area contributed by atoms with Crippen LogP contribution in [0.4, 0.5) is 5.69 Å². The number of anilines is 1. The highest BCUT2D eigenvalue weighted by Crippen LogP contribution is 2.27. The number of carbonyl (C=O) groups is 1. The molecule has 0 saturated carbocycles. The molecular weight excluding hydrogens is 392 g/mol. The number of benzene rings is 2.